The van der Waals surface area contributed by atoms with Gasteiger partial charge in [-0.05, 0) is 42.0 Å². The van der Waals surface area contributed by atoms with Crippen LogP contribution in [0.4, 0.5) is 0 Å². The van der Waals surface area contributed by atoms with Gasteiger partial charge in [0.2, 0.25) is 10.0 Å². The van der Waals surface area contributed by atoms with Gasteiger partial charge in [0.1, 0.15) is 0 Å². The molecule has 0 radical (unpaired) electrons. The van der Waals surface area contributed by atoms with Crippen molar-refractivity contribution in [2.75, 3.05) is 13.7 Å². The molecule has 10 heteroatoms. The molecule has 0 spiro atoms. The number of para-hydroxylation sites is 1. The summed E-state index contributed by atoms with van der Waals surface area (Å²) in [4.78, 5) is 12.5. The zero-order chi connectivity index (χ0) is 23.8. The fraction of sp³-hybridized carbons (Fsp3) is 0.130. The van der Waals surface area contributed by atoms with E-state index in [1.807, 2.05) is 6.07 Å². The summed E-state index contributed by atoms with van der Waals surface area (Å²) < 4.78 is 32.5. The van der Waals surface area contributed by atoms with Gasteiger partial charge in [0.15, 0.2) is 11.5 Å². The Morgan fingerprint density at radius 2 is 1.79 bits per heavy atom. The number of carbonyl (C=O) groups is 1. The summed E-state index contributed by atoms with van der Waals surface area (Å²) in [5.74, 6) is -0.524. The average Bonchev–Trinajstić information content (AvgIpc) is 2.81. The molecule has 0 saturated heterocycles. The second-order valence-corrected chi connectivity index (χ2v) is 9.28. The number of rotatable bonds is 9. The topological polar surface area (TPSA) is 108 Å². The summed E-state index contributed by atoms with van der Waals surface area (Å²) in [6.07, 6.45) is 1.24. The Bertz CT molecular complexity index is 1230. The van der Waals surface area contributed by atoms with Crippen molar-refractivity contribution in [1.82, 2.24) is 9.73 Å². The predicted molar refractivity (Wildman–Crippen MR) is 126 cm³/mol. The Balaban J connectivity index is 1.78. The highest BCUT2D eigenvalue weighted by atomic mass is 35.5. The van der Waals surface area contributed by atoms with Crippen LogP contribution in [0.1, 0.15) is 11.1 Å². The lowest BCUT2D eigenvalue weighted by Gasteiger charge is -2.21. The van der Waals surface area contributed by atoms with Crippen molar-refractivity contribution in [3.8, 4) is 11.5 Å². The maximum Gasteiger partial charge on any atom is 0.255 e. The van der Waals surface area contributed by atoms with E-state index in [-0.39, 0.29) is 22.9 Å². The summed E-state index contributed by atoms with van der Waals surface area (Å²) in [5.41, 5.74) is 3.34. The van der Waals surface area contributed by atoms with Crippen molar-refractivity contribution in [1.29, 1.82) is 0 Å². The van der Waals surface area contributed by atoms with Gasteiger partial charge in [-0.3, -0.25) is 4.79 Å². The largest absolute Gasteiger partial charge is 0.504 e. The second kappa shape index (κ2) is 11.0. The molecule has 3 aromatic rings. The van der Waals surface area contributed by atoms with E-state index >= 15 is 0 Å². The van der Waals surface area contributed by atoms with E-state index in [2.05, 4.69) is 10.5 Å². The lowest BCUT2D eigenvalue weighted by molar-refractivity contribution is -0.121. The number of phenolic OH excluding ortho intramolecular Hbond substituents is 1. The van der Waals surface area contributed by atoms with Crippen LogP contribution in [-0.2, 0) is 21.4 Å². The second-order valence-electron chi connectivity index (χ2n) is 6.90. The maximum atomic E-state index is 13.2. The zero-order valence-electron chi connectivity index (χ0n) is 17.7. The van der Waals surface area contributed by atoms with Crippen molar-refractivity contribution in [2.24, 2.45) is 5.10 Å². The van der Waals surface area contributed by atoms with Crippen LogP contribution in [0.5, 0.6) is 11.5 Å². The summed E-state index contributed by atoms with van der Waals surface area (Å²) in [6.45, 7) is -0.485. The highest BCUT2D eigenvalue weighted by Crippen LogP contribution is 2.28. The monoisotopic (exact) mass is 487 g/mol. The van der Waals surface area contributed by atoms with Gasteiger partial charge in [-0.2, -0.15) is 9.41 Å². The summed E-state index contributed by atoms with van der Waals surface area (Å²) in [5, 5.41) is 14.3. The first-order valence-electron chi connectivity index (χ1n) is 9.79. The minimum absolute atomic E-state index is 0.0143. The third kappa shape index (κ3) is 6.32. The van der Waals surface area contributed by atoms with E-state index in [9.17, 15) is 18.3 Å². The molecule has 33 heavy (non-hydrogen) atoms. The Morgan fingerprint density at radius 3 is 2.45 bits per heavy atom. The van der Waals surface area contributed by atoms with Crippen molar-refractivity contribution in [3.05, 3.63) is 88.9 Å². The van der Waals surface area contributed by atoms with Crippen LogP contribution >= 0.6 is 11.6 Å². The van der Waals surface area contributed by atoms with Gasteiger partial charge < -0.3 is 9.84 Å². The van der Waals surface area contributed by atoms with Gasteiger partial charge in [-0.15, -0.1) is 0 Å². The van der Waals surface area contributed by atoms with Crippen LogP contribution < -0.4 is 10.2 Å². The molecule has 0 aliphatic rings. The molecule has 0 unspecified atom stereocenters. The third-order valence-corrected chi connectivity index (χ3v) is 6.67. The van der Waals surface area contributed by atoms with Gasteiger partial charge in [0.05, 0.1) is 24.8 Å². The van der Waals surface area contributed by atoms with Crippen molar-refractivity contribution < 1.29 is 23.1 Å². The number of carbonyl (C=O) groups excluding carboxylic acids is 1. The fourth-order valence-corrected chi connectivity index (χ4v) is 4.46. The molecule has 8 nitrogen and oxygen atoms in total. The summed E-state index contributed by atoms with van der Waals surface area (Å²) >= 11 is 5.88. The summed E-state index contributed by atoms with van der Waals surface area (Å²) in [6, 6.07) is 19.5. The van der Waals surface area contributed by atoms with Crippen LogP contribution in [-0.4, -0.2) is 43.6 Å². The third-order valence-electron chi connectivity index (χ3n) is 4.62. The number of amides is 1. The number of hydrogen-bond donors (Lipinski definition) is 2. The maximum absolute atomic E-state index is 13.2. The van der Waals surface area contributed by atoms with E-state index in [1.54, 1.807) is 42.5 Å². The number of aromatic hydroxyl groups is 1. The van der Waals surface area contributed by atoms with E-state index in [0.29, 0.717) is 16.1 Å². The molecule has 0 heterocycles. The van der Waals surface area contributed by atoms with E-state index in [4.69, 9.17) is 16.3 Å². The van der Waals surface area contributed by atoms with Crippen LogP contribution in [0, 0.1) is 0 Å². The van der Waals surface area contributed by atoms with Gasteiger partial charge in [0.25, 0.3) is 5.91 Å². The number of hydrogen-bond acceptors (Lipinski definition) is 6. The number of nitrogens with one attached hydrogen (secondary N) is 1. The Labute approximate surface area is 197 Å². The molecular formula is C23H22ClN3O5S. The minimum atomic E-state index is -4.00. The predicted octanol–water partition coefficient (Wildman–Crippen LogP) is 3.40. The molecule has 0 aliphatic heterocycles. The molecule has 1 amide bonds. The Kier molecular flexibility index (Phi) is 8.05. The fourth-order valence-electron chi connectivity index (χ4n) is 2.95. The molecule has 0 aromatic heterocycles. The molecule has 0 atom stereocenters. The number of benzene rings is 3. The molecule has 0 bridgehead atoms. The zero-order valence-corrected chi connectivity index (χ0v) is 19.3. The SMILES string of the molecule is COc1cccc(/C=N\NC(=O)CN(Cc2ccccc2)S(=O)(=O)c2ccc(Cl)cc2)c1O. The van der Waals surface area contributed by atoms with E-state index < -0.39 is 22.5 Å². The first-order valence-corrected chi connectivity index (χ1v) is 11.6. The standard InChI is InChI=1S/C23H22ClN3O5S/c1-32-21-9-5-8-18(23(21)29)14-25-26-22(28)16-27(15-17-6-3-2-4-7-17)33(30,31)20-12-10-19(24)11-13-20/h2-14,29H,15-16H2,1H3,(H,26,28)/b25-14-. The van der Waals surface area contributed by atoms with Crippen molar-refractivity contribution >= 4 is 33.7 Å². The quantitative estimate of drug-likeness (QED) is 0.355. The number of halogens is 1. The van der Waals surface area contributed by atoms with E-state index in [1.165, 1.54) is 37.6 Å². The van der Waals surface area contributed by atoms with Gasteiger partial charge >= 0.3 is 0 Å². The molecule has 3 aromatic carbocycles. The van der Waals surface area contributed by atoms with Crippen LogP contribution in [0.15, 0.2) is 82.8 Å². The average molecular weight is 488 g/mol. The number of hydrazone groups is 1. The number of nitrogens with zero attached hydrogens (tertiary/aromatic N) is 2. The first-order chi connectivity index (χ1) is 15.8. The minimum Gasteiger partial charge on any atom is -0.504 e. The molecule has 0 fully saturated rings. The number of ether oxygens (including phenoxy) is 1. The van der Waals surface area contributed by atoms with Gasteiger partial charge in [-0.25, -0.2) is 13.8 Å². The normalized spacial score (nSPS) is 11.6. The molecule has 2 N–H and O–H groups in total. The molecule has 172 valence electrons. The number of phenols is 1. The number of methoxy groups -OCH3 is 1. The van der Waals surface area contributed by atoms with Crippen molar-refractivity contribution in [2.45, 2.75) is 11.4 Å². The van der Waals surface area contributed by atoms with Gasteiger partial charge in [0, 0.05) is 17.1 Å². The van der Waals surface area contributed by atoms with Crippen molar-refractivity contribution in [3.63, 3.8) is 0 Å². The smallest absolute Gasteiger partial charge is 0.255 e. The van der Waals surface area contributed by atoms with Crippen LogP contribution in [0.25, 0.3) is 0 Å². The highest BCUT2D eigenvalue weighted by molar-refractivity contribution is 7.89. The summed E-state index contributed by atoms with van der Waals surface area (Å²) in [7, 11) is -2.58. The highest BCUT2D eigenvalue weighted by Gasteiger charge is 2.27. The van der Waals surface area contributed by atoms with Crippen LogP contribution in [0.3, 0.4) is 0 Å². The number of sulfonamides is 1. The molecule has 3 rings (SSSR count). The molecular weight excluding hydrogens is 466 g/mol. The molecule has 0 saturated carbocycles. The van der Waals surface area contributed by atoms with E-state index in [0.717, 1.165) is 4.31 Å². The van der Waals surface area contributed by atoms with Crippen LogP contribution in [0.2, 0.25) is 5.02 Å². The Hall–Kier alpha value is -3.40. The first kappa shape index (κ1) is 24.2. The lowest BCUT2D eigenvalue weighted by atomic mass is 10.2. The Morgan fingerprint density at radius 1 is 1.09 bits per heavy atom. The lowest BCUT2D eigenvalue weighted by Crippen LogP contribution is -2.39. The molecule has 0 aliphatic carbocycles. The van der Waals surface area contributed by atoms with Gasteiger partial charge in [-0.1, -0.05) is 48.0 Å².